The molecule has 0 aliphatic rings. The molecule has 0 aliphatic carbocycles. The van der Waals surface area contributed by atoms with Crippen molar-refractivity contribution in [3.05, 3.63) is 42.2 Å². The fourth-order valence-electron chi connectivity index (χ4n) is 1.64. The lowest BCUT2D eigenvalue weighted by molar-refractivity contribution is 0.308. The van der Waals surface area contributed by atoms with Crippen molar-refractivity contribution in [3.63, 3.8) is 0 Å². The quantitative estimate of drug-likeness (QED) is 0.819. The SMILES string of the molecule is CCn1cc(COc2ccccc2NC(N)=S)cn1. The molecule has 0 radical (unpaired) electrons. The lowest BCUT2D eigenvalue weighted by Gasteiger charge is -2.11. The molecule has 0 atom stereocenters. The molecule has 0 amide bonds. The molecule has 100 valence electrons. The summed E-state index contributed by atoms with van der Waals surface area (Å²) in [6.07, 6.45) is 3.76. The van der Waals surface area contributed by atoms with Gasteiger partial charge in [-0.25, -0.2) is 0 Å². The highest BCUT2D eigenvalue weighted by Gasteiger charge is 2.04. The van der Waals surface area contributed by atoms with Crippen LogP contribution < -0.4 is 15.8 Å². The van der Waals surface area contributed by atoms with Gasteiger partial charge < -0.3 is 15.8 Å². The van der Waals surface area contributed by atoms with Crippen LogP contribution in [0.2, 0.25) is 0 Å². The summed E-state index contributed by atoms with van der Waals surface area (Å²) < 4.78 is 7.61. The first-order chi connectivity index (χ1) is 9.19. The molecule has 0 aliphatic heterocycles. The van der Waals surface area contributed by atoms with Gasteiger partial charge in [-0.2, -0.15) is 5.10 Å². The Morgan fingerprint density at radius 1 is 1.47 bits per heavy atom. The van der Waals surface area contributed by atoms with Gasteiger partial charge in [-0.05, 0) is 31.3 Å². The first-order valence-electron chi connectivity index (χ1n) is 5.98. The van der Waals surface area contributed by atoms with E-state index >= 15 is 0 Å². The van der Waals surface area contributed by atoms with Crippen molar-refractivity contribution in [3.8, 4) is 5.75 Å². The van der Waals surface area contributed by atoms with Crippen molar-refractivity contribution in [1.82, 2.24) is 9.78 Å². The molecule has 0 unspecified atom stereocenters. The summed E-state index contributed by atoms with van der Waals surface area (Å²) in [6, 6.07) is 7.52. The molecular weight excluding hydrogens is 260 g/mol. The smallest absolute Gasteiger partial charge is 0.168 e. The second kappa shape index (κ2) is 6.19. The van der Waals surface area contributed by atoms with Crippen molar-refractivity contribution in [2.75, 3.05) is 5.32 Å². The number of nitrogens with one attached hydrogen (secondary N) is 1. The molecule has 0 bridgehead atoms. The molecular formula is C13H16N4OS. The van der Waals surface area contributed by atoms with Crippen molar-refractivity contribution in [2.45, 2.75) is 20.1 Å². The van der Waals surface area contributed by atoms with Crippen LogP contribution in [0.3, 0.4) is 0 Å². The lowest BCUT2D eigenvalue weighted by atomic mass is 10.3. The number of nitrogens with two attached hydrogens (primary N) is 1. The van der Waals surface area contributed by atoms with E-state index in [9.17, 15) is 0 Å². The number of aromatic nitrogens is 2. The van der Waals surface area contributed by atoms with Gasteiger partial charge in [0, 0.05) is 18.3 Å². The topological polar surface area (TPSA) is 65.1 Å². The van der Waals surface area contributed by atoms with Crippen LogP contribution in [0.25, 0.3) is 0 Å². The summed E-state index contributed by atoms with van der Waals surface area (Å²) >= 11 is 4.83. The summed E-state index contributed by atoms with van der Waals surface area (Å²) in [7, 11) is 0. The highest BCUT2D eigenvalue weighted by Crippen LogP contribution is 2.24. The number of benzene rings is 1. The second-order valence-electron chi connectivity index (χ2n) is 3.98. The van der Waals surface area contributed by atoms with Gasteiger partial charge in [0.15, 0.2) is 5.11 Å². The van der Waals surface area contributed by atoms with Crippen LogP contribution in [0.15, 0.2) is 36.7 Å². The molecule has 3 N–H and O–H groups in total. The van der Waals surface area contributed by atoms with E-state index in [4.69, 9.17) is 22.7 Å². The number of nitrogens with zero attached hydrogens (tertiary/aromatic N) is 2. The van der Waals surface area contributed by atoms with E-state index in [0.717, 1.165) is 17.8 Å². The van der Waals surface area contributed by atoms with E-state index in [0.29, 0.717) is 12.4 Å². The van der Waals surface area contributed by atoms with Gasteiger partial charge in [0.05, 0.1) is 11.9 Å². The van der Waals surface area contributed by atoms with E-state index in [1.54, 1.807) is 6.20 Å². The Labute approximate surface area is 117 Å². The minimum Gasteiger partial charge on any atom is -0.487 e. The van der Waals surface area contributed by atoms with Gasteiger partial charge in [-0.1, -0.05) is 12.1 Å². The van der Waals surface area contributed by atoms with Crippen molar-refractivity contribution >= 4 is 23.0 Å². The Balaban J connectivity index is 2.04. The number of rotatable bonds is 5. The zero-order valence-electron chi connectivity index (χ0n) is 10.7. The number of anilines is 1. The third-order valence-electron chi connectivity index (χ3n) is 2.55. The van der Waals surface area contributed by atoms with E-state index in [2.05, 4.69) is 10.4 Å². The average molecular weight is 276 g/mol. The molecule has 1 aromatic heterocycles. The zero-order chi connectivity index (χ0) is 13.7. The monoisotopic (exact) mass is 276 g/mol. The number of hydrogen-bond donors (Lipinski definition) is 2. The summed E-state index contributed by atoms with van der Waals surface area (Å²) in [6.45, 7) is 3.34. The van der Waals surface area contributed by atoms with Gasteiger partial charge in [0.1, 0.15) is 12.4 Å². The normalized spacial score (nSPS) is 10.2. The molecule has 0 saturated heterocycles. The third-order valence-corrected chi connectivity index (χ3v) is 2.65. The minimum absolute atomic E-state index is 0.217. The second-order valence-corrected chi connectivity index (χ2v) is 4.42. The van der Waals surface area contributed by atoms with Gasteiger partial charge in [-0.3, -0.25) is 4.68 Å². The summed E-state index contributed by atoms with van der Waals surface area (Å²) in [5.74, 6) is 0.708. The zero-order valence-corrected chi connectivity index (χ0v) is 11.5. The molecule has 0 saturated carbocycles. The molecule has 0 spiro atoms. The number of hydrogen-bond acceptors (Lipinski definition) is 3. The Kier molecular flexibility index (Phi) is 4.35. The number of thiocarbonyl (C=S) groups is 1. The minimum atomic E-state index is 0.217. The summed E-state index contributed by atoms with van der Waals surface area (Å²) in [5, 5.41) is 7.30. The Morgan fingerprint density at radius 2 is 2.26 bits per heavy atom. The van der Waals surface area contributed by atoms with Crippen LogP contribution in [-0.2, 0) is 13.2 Å². The lowest BCUT2D eigenvalue weighted by Crippen LogP contribution is -2.19. The molecule has 1 heterocycles. The van der Waals surface area contributed by atoms with Crippen LogP contribution >= 0.6 is 12.2 Å². The summed E-state index contributed by atoms with van der Waals surface area (Å²) in [4.78, 5) is 0. The maximum Gasteiger partial charge on any atom is 0.168 e. The fourth-order valence-corrected chi connectivity index (χ4v) is 1.75. The van der Waals surface area contributed by atoms with Crippen molar-refractivity contribution in [1.29, 1.82) is 0 Å². The molecule has 19 heavy (non-hydrogen) atoms. The standard InChI is InChI=1S/C13H16N4OS/c1-2-17-8-10(7-15-17)9-18-12-6-4-3-5-11(12)16-13(14)19/h3-8H,2,9H2,1H3,(H3,14,16,19). The largest absolute Gasteiger partial charge is 0.487 e. The fraction of sp³-hybridized carbons (Fsp3) is 0.231. The molecule has 6 heteroatoms. The molecule has 5 nitrogen and oxygen atoms in total. The van der Waals surface area contributed by atoms with E-state index < -0.39 is 0 Å². The maximum absolute atomic E-state index is 5.75. The third kappa shape index (κ3) is 3.69. The van der Waals surface area contributed by atoms with Gasteiger partial charge >= 0.3 is 0 Å². The van der Waals surface area contributed by atoms with Gasteiger partial charge in [0.25, 0.3) is 0 Å². The number of ether oxygens (including phenoxy) is 1. The Bertz CT molecular complexity index is 567. The van der Waals surface area contributed by atoms with E-state index in [-0.39, 0.29) is 5.11 Å². The summed E-state index contributed by atoms with van der Waals surface area (Å²) in [5.41, 5.74) is 7.26. The Morgan fingerprint density at radius 3 is 2.95 bits per heavy atom. The van der Waals surface area contributed by atoms with Gasteiger partial charge in [0.2, 0.25) is 0 Å². The highest BCUT2D eigenvalue weighted by atomic mass is 32.1. The molecule has 1 aromatic carbocycles. The predicted octanol–water partition coefficient (Wildman–Crippen LogP) is 2.14. The molecule has 2 rings (SSSR count). The Hall–Kier alpha value is -2.08. The van der Waals surface area contributed by atoms with Crippen molar-refractivity contribution < 1.29 is 4.74 Å². The van der Waals surface area contributed by atoms with E-state index in [1.165, 1.54) is 0 Å². The predicted molar refractivity (Wildman–Crippen MR) is 79.1 cm³/mol. The van der Waals surface area contributed by atoms with E-state index in [1.807, 2.05) is 42.1 Å². The maximum atomic E-state index is 5.75. The molecule has 0 fully saturated rings. The van der Waals surface area contributed by atoms with Crippen LogP contribution in [0.4, 0.5) is 5.69 Å². The van der Waals surface area contributed by atoms with Crippen LogP contribution in [0.5, 0.6) is 5.75 Å². The van der Waals surface area contributed by atoms with Gasteiger partial charge in [-0.15, -0.1) is 0 Å². The average Bonchev–Trinajstić information content (AvgIpc) is 2.85. The first-order valence-corrected chi connectivity index (χ1v) is 6.39. The number of aryl methyl sites for hydroxylation is 1. The van der Waals surface area contributed by atoms with Crippen LogP contribution in [0.1, 0.15) is 12.5 Å². The van der Waals surface area contributed by atoms with Crippen molar-refractivity contribution in [2.24, 2.45) is 5.73 Å². The van der Waals surface area contributed by atoms with Crippen LogP contribution in [-0.4, -0.2) is 14.9 Å². The highest BCUT2D eigenvalue weighted by molar-refractivity contribution is 7.80. The molecule has 2 aromatic rings. The first kappa shape index (κ1) is 13.4. The van der Waals surface area contributed by atoms with Crippen LogP contribution in [0, 0.1) is 0 Å². The number of para-hydroxylation sites is 2.